The van der Waals surface area contributed by atoms with Crippen molar-refractivity contribution in [3.05, 3.63) is 22.2 Å². The first-order valence-corrected chi connectivity index (χ1v) is 5.74. The van der Waals surface area contributed by atoms with Gasteiger partial charge >= 0.3 is 0 Å². The lowest BCUT2D eigenvalue weighted by atomic mass is 10.4. The molecule has 3 aromatic rings. The average Bonchev–Trinajstić information content (AvgIpc) is 2.95. The second-order valence-electron chi connectivity index (χ2n) is 3.25. The SMILES string of the molecule is NNc1nc(-n2cc(I)cn2)c2cn[nH]c2n1. The van der Waals surface area contributed by atoms with Crippen LogP contribution in [0.5, 0.6) is 0 Å². The van der Waals surface area contributed by atoms with Crippen molar-refractivity contribution >= 4 is 39.6 Å². The van der Waals surface area contributed by atoms with E-state index in [9.17, 15) is 0 Å². The van der Waals surface area contributed by atoms with Gasteiger partial charge in [0.05, 0.1) is 21.4 Å². The third-order valence-corrected chi connectivity index (χ3v) is 2.74. The number of nitrogens with zero attached hydrogens (tertiary/aromatic N) is 5. The molecule has 0 atom stereocenters. The van der Waals surface area contributed by atoms with Crippen LogP contribution in [0.4, 0.5) is 5.95 Å². The van der Waals surface area contributed by atoms with Crippen LogP contribution in [0.3, 0.4) is 0 Å². The molecule has 0 aliphatic carbocycles. The second kappa shape index (κ2) is 3.92. The maximum Gasteiger partial charge on any atom is 0.241 e. The van der Waals surface area contributed by atoms with E-state index in [4.69, 9.17) is 5.84 Å². The summed E-state index contributed by atoms with van der Waals surface area (Å²) >= 11 is 2.18. The van der Waals surface area contributed by atoms with Crippen LogP contribution in [0.25, 0.3) is 16.9 Å². The van der Waals surface area contributed by atoms with E-state index < -0.39 is 0 Å². The topological polar surface area (TPSA) is 110 Å². The summed E-state index contributed by atoms with van der Waals surface area (Å²) in [7, 11) is 0. The van der Waals surface area contributed by atoms with E-state index in [0.717, 1.165) is 8.96 Å². The van der Waals surface area contributed by atoms with Crippen molar-refractivity contribution < 1.29 is 0 Å². The molecule has 0 radical (unpaired) electrons. The number of aromatic amines is 1. The summed E-state index contributed by atoms with van der Waals surface area (Å²) in [6, 6.07) is 0. The maximum atomic E-state index is 5.32. The molecule has 9 heteroatoms. The molecule has 0 saturated heterocycles. The molecule has 3 heterocycles. The molecule has 4 N–H and O–H groups in total. The van der Waals surface area contributed by atoms with Crippen LogP contribution in [0, 0.1) is 3.57 Å². The van der Waals surface area contributed by atoms with Gasteiger partial charge in [0.2, 0.25) is 5.95 Å². The van der Waals surface area contributed by atoms with Gasteiger partial charge in [0, 0.05) is 6.20 Å². The van der Waals surface area contributed by atoms with Crippen LogP contribution < -0.4 is 11.3 Å². The summed E-state index contributed by atoms with van der Waals surface area (Å²) in [5.41, 5.74) is 3.02. The fourth-order valence-electron chi connectivity index (χ4n) is 1.48. The standard InChI is InChI=1S/C8H7IN8/c9-4-1-12-17(3-4)7-5-2-11-16-6(5)13-8(14-7)15-10/h1-3H,10H2,(H2,11,13,14,15,16). The number of anilines is 1. The van der Waals surface area contributed by atoms with Crippen molar-refractivity contribution in [2.75, 3.05) is 5.43 Å². The van der Waals surface area contributed by atoms with Crippen LogP contribution in [0.15, 0.2) is 18.6 Å². The Morgan fingerprint density at radius 2 is 2.24 bits per heavy atom. The molecule has 0 saturated carbocycles. The lowest BCUT2D eigenvalue weighted by molar-refractivity contribution is 0.851. The molecule has 0 aliphatic heterocycles. The van der Waals surface area contributed by atoms with Gasteiger partial charge in [-0.15, -0.1) is 0 Å². The predicted octanol–water partition coefficient (Wildman–Crippen LogP) is 0.429. The smallest absolute Gasteiger partial charge is 0.241 e. The van der Waals surface area contributed by atoms with Crippen molar-refractivity contribution in [1.29, 1.82) is 0 Å². The zero-order valence-corrected chi connectivity index (χ0v) is 10.6. The summed E-state index contributed by atoms with van der Waals surface area (Å²) in [6.07, 6.45) is 5.25. The molecule has 0 unspecified atom stereocenters. The molecule has 0 amide bonds. The summed E-state index contributed by atoms with van der Waals surface area (Å²) < 4.78 is 2.67. The number of rotatable bonds is 2. The van der Waals surface area contributed by atoms with Gasteiger partial charge in [0.15, 0.2) is 11.5 Å². The number of hydrogen-bond donors (Lipinski definition) is 3. The molecule has 86 valence electrons. The Balaban J connectivity index is 2.29. The number of H-pyrrole nitrogens is 1. The van der Waals surface area contributed by atoms with E-state index in [2.05, 4.69) is 53.3 Å². The van der Waals surface area contributed by atoms with Gasteiger partial charge in [-0.05, 0) is 22.6 Å². The molecule has 0 fully saturated rings. The number of hydrogen-bond acceptors (Lipinski definition) is 6. The molecule has 0 aromatic carbocycles. The van der Waals surface area contributed by atoms with Crippen LogP contribution in [0.1, 0.15) is 0 Å². The highest BCUT2D eigenvalue weighted by Gasteiger charge is 2.11. The zero-order chi connectivity index (χ0) is 11.8. The van der Waals surface area contributed by atoms with Crippen molar-refractivity contribution in [3.8, 4) is 5.82 Å². The molecule has 17 heavy (non-hydrogen) atoms. The fraction of sp³-hybridized carbons (Fsp3) is 0. The minimum Gasteiger partial charge on any atom is -0.292 e. The Kier molecular flexibility index (Phi) is 2.40. The minimum absolute atomic E-state index is 0.308. The lowest BCUT2D eigenvalue weighted by Crippen LogP contribution is -2.12. The first-order valence-electron chi connectivity index (χ1n) is 4.66. The highest BCUT2D eigenvalue weighted by atomic mass is 127. The van der Waals surface area contributed by atoms with Crippen LogP contribution >= 0.6 is 22.6 Å². The van der Waals surface area contributed by atoms with Crippen molar-refractivity contribution in [1.82, 2.24) is 29.9 Å². The van der Waals surface area contributed by atoms with Gasteiger partial charge in [-0.3, -0.25) is 10.5 Å². The van der Waals surface area contributed by atoms with Gasteiger partial charge in [-0.25, -0.2) is 10.5 Å². The molecule has 0 bridgehead atoms. The van der Waals surface area contributed by atoms with Crippen molar-refractivity contribution in [3.63, 3.8) is 0 Å². The molecule has 0 spiro atoms. The Morgan fingerprint density at radius 1 is 1.35 bits per heavy atom. The number of nitrogen functional groups attached to an aromatic ring is 1. The number of fused-ring (bicyclic) bond motifs is 1. The Bertz CT molecular complexity index is 671. The fourth-order valence-corrected chi connectivity index (χ4v) is 1.86. The normalized spacial score (nSPS) is 10.9. The predicted molar refractivity (Wildman–Crippen MR) is 69.3 cm³/mol. The molecular formula is C8H7IN8. The summed E-state index contributed by atoms with van der Waals surface area (Å²) in [5.74, 6) is 6.25. The second-order valence-corrected chi connectivity index (χ2v) is 4.50. The van der Waals surface area contributed by atoms with Gasteiger partial charge in [-0.1, -0.05) is 0 Å². The van der Waals surface area contributed by atoms with Gasteiger partial charge in [-0.2, -0.15) is 20.2 Å². The van der Waals surface area contributed by atoms with Crippen LogP contribution in [0.2, 0.25) is 0 Å². The van der Waals surface area contributed by atoms with E-state index in [1.54, 1.807) is 17.1 Å². The summed E-state index contributed by atoms with van der Waals surface area (Å²) in [4.78, 5) is 8.40. The number of nitrogens with two attached hydrogens (primary N) is 1. The van der Waals surface area contributed by atoms with Gasteiger partial charge in [0.1, 0.15) is 0 Å². The van der Waals surface area contributed by atoms with Crippen LogP contribution in [-0.4, -0.2) is 29.9 Å². The number of halogens is 1. The van der Waals surface area contributed by atoms with Crippen LogP contribution in [-0.2, 0) is 0 Å². The Morgan fingerprint density at radius 3 is 2.94 bits per heavy atom. The lowest BCUT2D eigenvalue weighted by Gasteiger charge is -2.04. The van der Waals surface area contributed by atoms with E-state index >= 15 is 0 Å². The Labute approximate surface area is 109 Å². The number of nitrogens with one attached hydrogen (secondary N) is 2. The Hall–Kier alpha value is -1.75. The van der Waals surface area contributed by atoms with Crippen molar-refractivity contribution in [2.24, 2.45) is 5.84 Å². The maximum absolute atomic E-state index is 5.32. The molecular weight excluding hydrogens is 335 g/mol. The summed E-state index contributed by atoms with van der Waals surface area (Å²) in [5, 5.41) is 11.7. The van der Waals surface area contributed by atoms with Gasteiger partial charge in [0.25, 0.3) is 0 Å². The van der Waals surface area contributed by atoms with E-state index in [0.29, 0.717) is 17.4 Å². The van der Waals surface area contributed by atoms with E-state index in [1.807, 2.05) is 6.20 Å². The zero-order valence-electron chi connectivity index (χ0n) is 8.42. The monoisotopic (exact) mass is 342 g/mol. The summed E-state index contributed by atoms with van der Waals surface area (Å²) in [6.45, 7) is 0. The largest absolute Gasteiger partial charge is 0.292 e. The third-order valence-electron chi connectivity index (χ3n) is 2.19. The molecule has 3 rings (SSSR count). The average molecular weight is 342 g/mol. The van der Waals surface area contributed by atoms with E-state index in [-0.39, 0.29) is 0 Å². The molecule has 3 aromatic heterocycles. The first-order chi connectivity index (χ1) is 8.28. The molecule has 8 nitrogen and oxygen atoms in total. The van der Waals surface area contributed by atoms with Gasteiger partial charge < -0.3 is 0 Å². The number of hydrazine groups is 1. The third kappa shape index (κ3) is 1.72. The molecule has 0 aliphatic rings. The quantitative estimate of drug-likeness (QED) is 0.354. The number of aromatic nitrogens is 6. The minimum atomic E-state index is 0.308. The highest BCUT2D eigenvalue weighted by molar-refractivity contribution is 14.1. The van der Waals surface area contributed by atoms with Crippen molar-refractivity contribution in [2.45, 2.75) is 0 Å². The highest BCUT2D eigenvalue weighted by Crippen LogP contribution is 2.18. The first kappa shape index (κ1) is 10.4. The van der Waals surface area contributed by atoms with E-state index in [1.165, 1.54) is 0 Å².